The highest BCUT2D eigenvalue weighted by Gasteiger charge is 2.17. The van der Waals surface area contributed by atoms with Crippen LogP contribution in [-0.4, -0.2) is 6.54 Å². The second-order valence-corrected chi connectivity index (χ2v) is 7.49. The summed E-state index contributed by atoms with van der Waals surface area (Å²) in [7, 11) is 0. The summed E-state index contributed by atoms with van der Waals surface area (Å²) in [6.45, 7) is 7.32. The lowest BCUT2D eigenvalue weighted by molar-refractivity contribution is 0.639. The zero-order valence-corrected chi connectivity index (χ0v) is 14.4. The fourth-order valence-electron chi connectivity index (χ4n) is 2.27. The van der Waals surface area contributed by atoms with Crippen LogP contribution in [0.15, 0.2) is 28.1 Å². The molecule has 2 aromatic rings. The van der Waals surface area contributed by atoms with Crippen LogP contribution in [0.3, 0.4) is 0 Å². The second kappa shape index (κ2) is 6.40. The van der Waals surface area contributed by atoms with Crippen LogP contribution >= 0.6 is 38.9 Å². The molecule has 4 heteroatoms. The standard InChI is InChI=1S/C15H17BrClNS/c1-4-18-14(13-8-12(17)15(16)19-13)11-6-9(2)5-10(3)7-11/h5-8,14,18H,4H2,1-3H3. The number of rotatable bonds is 4. The lowest BCUT2D eigenvalue weighted by Crippen LogP contribution is -2.21. The van der Waals surface area contributed by atoms with Crippen LogP contribution in [0.1, 0.15) is 34.5 Å². The Kier molecular flexibility index (Phi) is 5.07. The molecule has 0 spiro atoms. The molecule has 1 heterocycles. The Bertz CT molecular complexity index is 540. The summed E-state index contributed by atoms with van der Waals surface area (Å²) in [5.74, 6) is 0. The van der Waals surface area contributed by atoms with E-state index in [0.717, 1.165) is 15.4 Å². The minimum absolute atomic E-state index is 0.206. The zero-order valence-electron chi connectivity index (χ0n) is 11.3. The molecule has 1 aromatic carbocycles. The highest BCUT2D eigenvalue weighted by molar-refractivity contribution is 9.11. The van der Waals surface area contributed by atoms with Gasteiger partial charge in [0.15, 0.2) is 0 Å². The summed E-state index contributed by atoms with van der Waals surface area (Å²) < 4.78 is 0.997. The lowest BCUT2D eigenvalue weighted by atomic mass is 10.0. The molecule has 0 radical (unpaired) electrons. The van der Waals surface area contributed by atoms with Gasteiger partial charge in [0.2, 0.25) is 0 Å². The first kappa shape index (κ1) is 15.0. The van der Waals surface area contributed by atoms with Crippen LogP contribution < -0.4 is 5.32 Å². The van der Waals surface area contributed by atoms with Gasteiger partial charge in [0.1, 0.15) is 0 Å². The summed E-state index contributed by atoms with van der Waals surface area (Å²) in [4.78, 5) is 1.24. The van der Waals surface area contributed by atoms with Crippen LogP contribution in [0.4, 0.5) is 0 Å². The number of nitrogens with one attached hydrogen (secondary N) is 1. The molecule has 0 amide bonds. The summed E-state index contributed by atoms with van der Waals surface area (Å²) in [6.07, 6.45) is 0. The van der Waals surface area contributed by atoms with E-state index in [4.69, 9.17) is 11.6 Å². The van der Waals surface area contributed by atoms with Gasteiger partial charge in [-0.15, -0.1) is 11.3 Å². The van der Waals surface area contributed by atoms with Crippen LogP contribution in [0, 0.1) is 13.8 Å². The topological polar surface area (TPSA) is 12.0 Å². The molecule has 1 N–H and O–H groups in total. The third-order valence-electron chi connectivity index (χ3n) is 2.93. The first-order chi connectivity index (χ1) is 9.01. The van der Waals surface area contributed by atoms with Crippen molar-refractivity contribution in [2.24, 2.45) is 0 Å². The van der Waals surface area contributed by atoms with E-state index < -0.39 is 0 Å². The fraction of sp³-hybridized carbons (Fsp3) is 0.333. The van der Waals surface area contributed by atoms with Gasteiger partial charge in [-0.1, -0.05) is 47.9 Å². The molecular formula is C15H17BrClNS. The first-order valence-electron chi connectivity index (χ1n) is 6.27. The Balaban J connectivity index is 2.44. The van der Waals surface area contributed by atoms with E-state index in [0.29, 0.717) is 0 Å². The molecule has 102 valence electrons. The van der Waals surface area contributed by atoms with Crippen molar-refractivity contribution in [3.8, 4) is 0 Å². The van der Waals surface area contributed by atoms with Crippen LogP contribution in [0.2, 0.25) is 5.02 Å². The SMILES string of the molecule is CCNC(c1cc(C)cc(C)c1)c1cc(Cl)c(Br)s1. The van der Waals surface area contributed by atoms with Crippen molar-refractivity contribution in [2.75, 3.05) is 6.54 Å². The number of hydrogen-bond donors (Lipinski definition) is 1. The molecular weight excluding hydrogens is 342 g/mol. The van der Waals surface area contributed by atoms with Crippen molar-refractivity contribution in [1.29, 1.82) is 0 Å². The number of benzene rings is 1. The maximum Gasteiger partial charge on any atom is 0.0888 e. The van der Waals surface area contributed by atoms with Gasteiger partial charge < -0.3 is 5.32 Å². The van der Waals surface area contributed by atoms with Gasteiger partial charge in [-0.05, 0) is 48.0 Å². The lowest BCUT2D eigenvalue weighted by Gasteiger charge is -2.18. The minimum Gasteiger partial charge on any atom is -0.306 e. The van der Waals surface area contributed by atoms with Crippen molar-refractivity contribution >= 4 is 38.9 Å². The molecule has 1 atom stereocenters. The normalized spacial score (nSPS) is 12.7. The Morgan fingerprint density at radius 3 is 2.32 bits per heavy atom. The van der Waals surface area contributed by atoms with Crippen molar-refractivity contribution in [3.05, 3.63) is 54.6 Å². The molecule has 0 aliphatic carbocycles. The Morgan fingerprint density at radius 2 is 1.84 bits per heavy atom. The van der Waals surface area contributed by atoms with E-state index in [9.17, 15) is 0 Å². The van der Waals surface area contributed by atoms with Gasteiger partial charge in [0.05, 0.1) is 14.9 Å². The molecule has 0 saturated heterocycles. The predicted octanol–water partition coefficient (Wildman–Crippen LogP) is 5.48. The molecule has 1 nitrogen and oxygen atoms in total. The van der Waals surface area contributed by atoms with Gasteiger partial charge in [0, 0.05) is 4.88 Å². The molecule has 1 unspecified atom stereocenters. The second-order valence-electron chi connectivity index (χ2n) is 4.68. The van der Waals surface area contributed by atoms with Gasteiger partial charge >= 0.3 is 0 Å². The van der Waals surface area contributed by atoms with Crippen molar-refractivity contribution in [3.63, 3.8) is 0 Å². The largest absolute Gasteiger partial charge is 0.306 e. The Morgan fingerprint density at radius 1 is 1.21 bits per heavy atom. The zero-order chi connectivity index (χ0) is 14.0. The first-order valence-corrected chi connectivity index (χ1v) is 8.26. The number of halogens is 2. The molecule has 0 bridgehead atoms. The van der Waals surface area contributed by atoms with Crippen molar-refractivity contribution in [1.82, 2.24) is 5.32 Å². The fourth-order valence-corrected chi connectivity index (χ4v) is 4.12. The number of thiophene rings is 1. The van der Waals surface area contributed by atoms with Crippen LogP contribution in [-0.2, 0) is 0 Å². The van der Waals surface area contributed by atoms with Gasteiger partial charge in [0.25, 0.3) is 0 Å². The average molecular weight is 359 g/mol. The third-order valence-corrected chi connectivity index (χ3v) is 5.47. The molecule has 0 aliphatic heterocycles. The average Bonchev–Trinajstić information content (AvgIpc) is 2.65. The summed E-state index contributed by atoms with van der Waals surface area (Å²) in [5, 5.41) is 4.33. The van der Waals surface area contributed by atoms with E-state index in [-0.39, 0.29) is 6.04 Å². The number of hydrogen-bond acceptors (Lipinski definition) is 2. The van der Waals surface area contributed by atoms with Crippen molar-refractivity contribution < 1.29 is 0 Å². The van der Waals surface area contributed by atoms with E-state index in [1.54, 1.807) is 11.3 Å². The highest BCUT2D eigenvalue weighted by atomic mass is 79.9. The molecule has 1 aromatic heterocycles. The summed E-state index contributed by atoms with van der Waals surface area (Å²) >= 11 is 11.3. The van der Waals surface area contributed by atoms with E-state index in [2.05, 4.69) is 60.2 Å². The summed E-state index contributed by atoms with van der Waals surface area (Å²) in [6, 6.07) is 8.92. The number of aryl methyl sites for hydroxylation is 2. The van der Waals surface area contributed by atoms with Gasteiger partial charge in [-0.2, -0.15) is 0 Å². The monoisotopic (exact) mass is 357 g/mol. The van der Waals surface area contributed by atoms with E-state index >= 15 is 0 Å². The third kappa shape index (κ3) is 3.60. The minimum atomic E-state index is 0.206. The predicted molar refractivity (Wildman–Crippen MR) is 88.5 cm³/mol. The van der Waals surface area contributed by atoms with Gasteiger partial charge in [-0.3, -0.25) is 0 Å². The highest BCUT2D eigenvalue weighted by Crippen LogP contribution is 2.37. The Labute approximate surface area is 132 Å². The maximum absolute atomic E-state index is 6.16. The quantitative estimate of drug-likeness (QED) is 0.763. The van der Waals surface area contributed by atoms with Crippen molar-refractivity contribution in [2.45, 2.75) is 26.8 Å². The van der Waals surface area contributed by atoms with Gasteiger partial charge in [-0.25, -0.2) is 0 Å². The van der Waals surface area contributed by atoms with E-state index in [1.807, 2.05) is 6.07 Å². The smallest absolute Gasteiger partial charge is 0.0888 e. The molecule has 2 rings (SSSR count). The molecule has 0 aliphatic rings. The molecule has 0 saturated carbocycles. The van der Waals surface area contributed by atoms with Crippen LogP contribution in [0.25, 0.3) is 0 Å². The molecule has 19 heavy (non-hydrogen) atoms. The van der Waals surface area contributed by atoms with E-state index in [1.165, 1.54) is 21.6 Å². The Hall–Kier alpha value is -0.350. The summed E-state index contributed by atoms with van der Waals surface area (Å²) in [5.41, 5.74) is 3.88. The maximum atomic E-state index is 6.16. The molecule has 0 fully saturated rings. The van der Waals surface area contributed by atoms with Crippen LogP contribution in [0.5, 0.6) is 0 Å².